The van der Waals surface area contributed by atoms with Gasteiger partial charge in [-0.1, -0.05) is 0 Å². The van der Waals surface area contributed by atoms with Crippen LogP contribution in [0.4, 0.5) is 5.95 Å². The summed E-state index contributed by atoms with van der Waals surface area (Å²) in [5.74, 6) is 0.412. The lowest BCUT2D eigenvalue weighted by atomic mass is 9.78. The van der Waals surface area contributed by atoms with Crippen molar-refractivity contribution in [1.82, 2.24) is 20.2 Å². The Balaban J connectivity index is 1.22. The summed E-state index contributed by atoms with van der Waals surface area (Å²) in [5, 5.41) is 13.9. The number of hydrogen-bond acceptors (Lipinski definition) is 8. The number of piperidine rings is 2. The van der Waals surface area contributed by atoms with Gasteiger partial charge in [-0.2, -0.15) is 0 Å². The third-order valence-corrected chi connectivity index (χ3v) is 7.95. The maximum atomic E-state index is 13.3. The molecular formula is C25H37N5O5. The summed E-state index contributed by atoms with van der Waals surface area (Å²) in [6.07, 6.45) is 9.88. The smallest absolute Gasteiger partial charge is 0.254 e. The van der Waals surface area contributed by atoms with E-state index < -0.39 is 11.7 Å². The molecule has 0 aromatic carbocycles. The molecule has 10 heteroatoms. The molecule has 5 rings (SSSR count). The first kappa shape index (κ1) is 24.4. The molecule has 0 spiro atoms. The van der Waals surface area contributed by atoms with Gasteiger partial charge in [0.1, 0.15) is 11.7 Å². The number of nitrogens with zero attached hydrogens (tertiary/aromatic N) is 4. The highest BCUT2D eigenvalue weighted by Crippen LogP contribution is 2.35. The summed E-state index contributed by atoms with van der Waals surface area (Å²) in [6.45, 7) is 3.14. The third kappa shape index (κ3) is 5.44. The zero-order valence-corrected chi connectivity index (χ0v) is 20.3. The number of carbonyl (C=O) groups excluding carboxylic acids is 2. The molecule has 4 heterocycles. The summed E-state index contributed by atoms with van der Waals surface area (Å²) in [5.41, 5.74) is -1.26. The first-order valence-corrected chi connectivity index (χ1v) is 13.1. The van der Waals surface area contributed by atoms with E-state index >= 15 is 0 Å². The van der Waals surface area contributed by atoms with Crippen molar-refractivity contribution in [1.29, 1.82) is 0 Å². The van der Waals surface area contributed by atoms with Crippen LogP contribution in [0, 0.1) is 0 Å². The van der Waals surface area contributed by atoms with Crippen LogP contribution in [-0.4, -0.2) is 94.5 Å². The Morgan fingerprint density at radius 3 is 2.51 bits per heavy atom. The molecule has 192 valence electrons. The average molecular weight is 488 g/mol. The Kier molecular flexibility index (Phi) is 7.50. The molecule has 3 saturated heterocycles. The van der Waals surface area contributed by atoms with Gasteiger partial charge in [-0.3, -0.25) is 9.59 Å². The van der Waals surface area contributed by atoms with Gasteiger partial charge < -0.3 is 29.7 Å². The minimum Gasteiger partial charge on any atom is -0.380 e. The summed E-state index contributed by atoms with van der Waals surface area (Å²) in [7, 11) is 0. The Hall–Kier alpha value is -2.30. The molecule has 2 amide bonds. The van der Waals surface area contributed by atoms with Crippen LogP contribution >= 0.6 is 0 Å². The number of nitrogens with one attached hydrogen (secondary N) is 1. The number of rotatable bonds is 7. The van der Waals surface area contributed by atoms with Crippen LogP contribution in [0.2, 0.25) is 0 Å². The summed E-state index contributed by atoms with van der Waals surface area (Å²) < 4.78 is 11.9. The number of hydrogen-bond donors (Lipinski definition) is 2. The van der Waals surface area contributed by atoms with Gasteiger partial charge in [-0.25, -0.2) is 9.97 Å². The summed E-state index contributed by atoms with van der Waals surface area (Å²) in [4.78, 5) is 38.8. The average Bonchev–Trinajstić information content (AvgIpc) is 3.42. The van der Waals surface area contributed by atoms with Gasteiger partial charge in [-0.05, 0) is 63.9 Å². The molecule has 0 unspecified atom stereocenters. The highest BCUT2D eigenvalue weighted by Gasteiger charge is 2.48. The number of amides is 2. The fourth-order valence-corrected chi connectivity index (χ4v) is 5.65. The molecule has 1 aromatic rings. The van der Waals surface area contributed by atoms with Crippen LogP contribution in [0.25, 0.3) is 0 Å². The van der Waals surface area contributed by atoms with E-state index in [4.69, 9.17) is 9.47 Å². The third-order valence-electron chi connectivity index (χ3n) is 7.95. The van der Waals surface area contributed by atoms with E-state index in [9.17, 15) is 14.7 Å². The van der Waals surface area contributed by atoms with Crippen molar-refractivity contribution < 1.29 is 24.2 Å². The molecule has 1 saturated carbocycles. The van der Waals surface area contributed by atoms with Crippen molar-refractivity contribution in [3.05, 3.63) is 18.5 Å². The van der Waals surface area contributed by atoms with E-state index in [0.29, 0.717) is 32.6 Å². The van der Waals surface area contributed by atoms with Crippen LogP contribution in [0.1, 0.15) is 57.8 Å². The fourth-order valence-electron chi connectivity index (χ4n) is 5.65. The van der Waals surface area contributed by atoms with Gasteiger partial charge in [-0.15, -0.1) is 0 Å². The maximum Gasteiger partial charge on any atom is 0.254 e. The van der Waals surface area contributed by atoms with Crippen LogP contribution in [0.3, 0.4) is 0 Å². The van der Waals surface area contributed by atoms with E-state index in [1.54, 1.807) is 17.3 Å². The molecule has 2 N–H and O–H groups in total. The molecule has 3 atom stereocenters. The lowest BCUT2D eigenvalue weighted by Crippen LogP contribution is -2.64. The number of ether oxygens (including phenoxy) is 2. The zero-order chi connectivity index (χ0) is 24.3. The van der Waals surface area contributed by atoms with Gasteiger partial charge in [0.2, 0.25) is 11.9 Å². The quantitative estimate of drug-likeness (QED) is 0.586. The minimum atomic E-state index is -1.26. The van der Waals surface area contributed by atoms with E-state index in [0.717, 1.165) is 64.0 Å². The van der Waals surface area contributed by atoms with Crippen molar-refractivity contribution in [3.63, 3.8) is 0 Å². The molecule has 10 nitrogen and oxygen atoms in total. The first-order chi connectivity index (χ1) is 17.0. The minimum absolute atomic E-state index is 0.0650. The molecular weight excluding hydrogens is 450 g/mol. The monoisotopic (exact) mass is 487 g/mol. The molecule has 1 aromatic heterocycles. The van der Waals surface area contributed by atoms with Crippen molar-refractivity contribution in [2.75, 3.05) is 37.7 Å². The van der Waals surface area contributed by atoms with Crippen molar-refractivity contribution in [3.8, 4) is 0 Å². The molecule has 4 fully saturated rings. The molecule has 4 aliphatic rings. The van der Waals surface area contributed by atoms with E-state index in [1.807, 2.05) is 6.07 Å². The maximum absolute atomic E-state index is 13.3. The predicted octanol–water partition coefficient (Wildman–Crippen LogP) is 1.03. The van der Waals surface area contributed by atoms with E-state index in [-0.39, 0.29) is 30.0 Å². The molecule has 35 heavy (non-hydrogen) atoms. The molecule has 3 aliphatic heterocycles. The van der Waals surface area contributed by atoms with Gasteiger partial charge in [0.15, 0.2) is 0 Å². The number of likely N-dealkylation sites (tertiary alicyclic amines) is 1. The van der Waals surface area contributed by atoms with Crippen molar-refractivity contribution in [2.24, 2.45) is 0 Å². The second kappa shape index (κ2) is 10.8. The van der Waals surface area contributed by atoms with Gasteiger partial charge >= 0.3 is 0 Å². The summed E-state index contributed by atoms with van der Waals surface area (Å²) >= 11 is 0. The lowest BCUT2D eigenvalue weighted by molar-refractivity contribution is -0.168. The number of anilines is 1. The molecule has 1 aliphatic carbocycles. The van der Waals surface area contributed by atoms with Crippen molar-refractivity contribution >= 4 is 17.8 Å². The second-order valence-corrected chi connectivity index (χ2v) is 10.3. The Morgan fingerprint density at radius 1 is 1.09 bits per heavy atom. The van der Waals surface area contributed by atoms with E-state index in [2.05, 4.69) is 20.2 Å². The molecule has 0 radical (unpaired) electrons. The van der Waals surface area contributed by atoms with Gasteiger partial charge in [0, 0.05) is 38.6 Å². The number of carbonyl (C=O) groups is 2. The first-order valence-electron chi connectivity index (χ1n) is 13.1. The number of aromatic nitrogens is 2. The topological polar surface area (TPSA) is 117 Å². The van der Waals surface area contributed by atoms with Gasteiger partial charge in [0.05, 0.1) is 24.8 Å². The zero-order valence-electron chi connectivity index (χ0n) is 20.3. The van der Waals surface area contributed by atoms with E-state index in [1.165, 1.54) is 0 Å². The van der Waals surface area contributed by atoms with Crippen LogP contribution in [0.5, 0.6) is 0 Å². The second-order valence-electron chi connectivity index (χ2n) is 10.3. The van der Waals surface area contributed by atoms with Crippen LogP contribution in [-0.2, 0) is 19.1 Å². The Labute approximate surface area is 206 Å². The highest BCUT2D eigenvalue weighted by atomic mass is 16.5. The fraction of sp³-hybridized carbons (Fsp3) is 0.760. The number of aliphatic hydroxyl groups is 1. The normalized spacial score (nSPS) is 29.0. The SMILES string of the molecule is O=C(N[C@H]1CCCN(C(=O)C2(O)CCC2)[C@H]1COC1CCN(c2ncccn2)CC1)[C@@H]1CCCO1. The van der Waals surface area contributed by atoms with Crippen LogP contribution in [0.15, 0.2) is 18.5 Å². The largest absolute Gasteiger partial charge is 0.380 e. The van der Waals surface area contributed by atoms with Crippen molar-refractivity contribution in [2.45, 2.75) is 87.7 Å². The standard InChI is InChI=1S/C25H37N5O5/c31-22(21-6-2-16-34-21)28-19-5-1-13-30(23(32)25(33)9-3-10-25)20(19)17-35-18-7-14-29(15-8-18)24-26-11-4-12-27-24/h4,11-12,18-21,33H,1-3,5-10,13-17H2,(H,28,31)/t19-,20-,21-/m0/s1. The highest BCUT2D eigenvalue weighted by molar-refractivity contribution is 5.86. The predicted molar refractivity (Wildman–Crippen MR) is 128 cm³/mol. The molecule has 0 bridgehead atoms. The Bertz CT molecular complexity index is 868. The van der Waals surface area contributed by atoms with Crippen LogP contribution < -0.4 is 10.2 Å². The summed E-state index contributed by atoms with van der Waals surface area (Å²) in [6, 6.07) is 1.29. The lowest BCUT2D eigenvalue weighted by Gasteiger charge is -2.47. The Morgan fingerprint density at radius 2 is 1.86 bits per heavy atom. The van der Waals surface area contributed by atoms with Gasteiger partial charge in [0.25, 0.3) is 5.91 Å².